The number of thiazole rings is 1. The van der Waals surface area contributed by atoms with E-state index in [4.69, 9.17) is 0 Å². The summed E-state index contributed by atoms with van der Waals surface area (Å²) in [5.74, 6) is -2.10. The zero-order chi connectivity index (χ0) is 19.8. The van der Waals surface area contributed by atoms with E-state index in [1.165, 1.54) is 23.5 Å². The number of nitrogens with one attached hydrogen (secondary N) is 2. The Morgan fingerprint density at radius 3 is 2.67 bits per heavy atom. The summed E-state index contributed by atoms with van der Waals surface area (Å²) in [6.07, 6.45) is 0.305. The first-order valence-corrected chi connectivity index (χ1v) is 10.2. The third-order valence-corrected chi connectivity index (χ3v) is 6.00. The molecule has 2 aromatic carbocycles. The number of hydrogen-bond donors (Lipinski definition) is 2. The van der Waals surface area contributed by atoms with Gasteiger partial charge >= 0.3 is 0 Å². The fourth-order valence-electron chi connectivity index (χ4n) is 2.41. The molecular formula is C17H15F2N3O3S2. The fraction of sp³-hybridized carbons (Fsp3) is 0.176. The molecule has 0 saturated carbocycles. The molecule has 1 heterocycles. The van der Waals surface area contributed by atoms with Gasteiger partial charge in [-0.25, -0.2) is 22.2 Å². The highest BCUT2D eigenvalue weighted by atomic mass is 32.2. The molecule has 2 N–H and O–H groups in total. The molecule has 0 aliphatic heterocycles. The summed E-state index contributed by atoms with van der Waals surface area (Å²) in [6, 6.07) is 5.27. The molecule has 27 heavy (non-hydrogen) atoms. The third kappa shape index (κ3) is 4.06. The molecule has 142 valence electrons. The predicted molar refractivity (Wildman–Crippen MR) is 100 cm³/mol. The lowest BCUT2D eigenvalue weighted by atomic mass is 10.2. The number of rotatable bonds is 5. The molecule has 1 aromatic heterocycles. The Balaban J connectivity index is 1.97. The summed E-state index contributed by atoms with van der Waals surface area (Å²) >= 11 is 1.18. The maximum Gasteiger partial charge on any atom is 0.264 e. The second-order valence-electron chi connectivity index (χ2n) is 5.74. The highest BCUT2D eigenvalue weighted by molar-refractivity contribution is 7.92. The Labute approximate surface area is 158 Å². The summed E-state index contributed by atoms with van der Waals surface area (Å²) in [4.78, 5) is 15.1. The van der Waals surface area contributed by atoms with Crippen molar-refractivity contribution in [2.75, 3.05) is 10.0 Å². The highest BCUT2D eigenvalue weighted by Gasteiger charge is 2.21. The summed E-state index contributed by atoms with van der Waals surface area (Å²) in [5.41, 5.74) is 1.46. The van der Waals surface area contributed by atoms with Crippen LogP contribution in [0.5, 0.6) is 0 Å². The quantitative estimate of drug-likeness (QED) is 0.663. The molecule has 0 saturated heterocycles. The van der Waals surface area contributed by atoms with E-state index in [-0.39, 0.29) is 11.6 Å². The topological polar surface area (TPSA) is 88.2 Å². The van der Waals surface area contributed by atoms with Gasteiger partial charge in [0.1, 0.15) is 16.5 Å². The number of hydrogen-bond acceptors (Lipinski definition) is 5. The van der Waals surface area contributed by atoms with Crippen molar-refractivity contribution < 1.29 is 22.0 Å². The van der Waals surface area contributed by atoms with E-state index in [2.05, 4.69) is 15.0 Å². The van der Waals surface area contributed by atoms with Gasteiger partial charge in [-0.3, -0.25) is 9.52 Å². The van der Waals surface area contributed by atoms with Gasteiger partial charge in [-0.2, -0.15) is 0 Å². The molecule has 3 aromatic rings. The second kappa shape index (κ2) is 7.20. The van der Waals surface area contributed by atoms with Gasteiger partial charge in [-0.05, 0) is 42.8 Å². The van der Waals surface area contributed by atoms with E-state index in [0.29, 0.717) is 33.4 Å². The Kier molecular flexibility index (Phi) is 5.11. The van der Waals surface area contributed by atoms with Gasteiger partial charge in [-0.15, -0.1) is 0 Å². The number of amides is 1. The van der Waals surface area contributed by atoms with Crippen LogP contribution >= 0.6 is 11.3 Å². The van der Waals surface area contributed by atoms with E-state index < -0.39 is 26.6 Å². The number of sulfonamides is 1. The first-order valence-electron chi connectivity index (χ1n) is 7.88. The van der Waals surface area contributed by atoms with Crippen LogP contribution in [0.25, 0.3) is 10.2 Å². The van der Waals surface area contributed by atoms with Crippen molar-refractivity contribution in [3.05, 3.63) is 47.5 Å². The minimum Gasteiger partial charge on any atom is -0.302 e. The Bertz CT molecular complexity index is 1140. The number of anilines is 2. The standard InChI is InChI=1S/C17H15F2N3O3S2/c1-3-15(23)20-17-21-16-9(2)6-11(8-13(16)26-17)22-27(24,25)14-7-10(18)4-5-12(14)19/h4-8,22H,3H2,1-2H3,(H,20,21,23). The molecule has 6 nitrogen and oxygen atoms in total. The predicted octanol–water partition coefficient (Wildman–Crippen LogP) is 4.03. The monoisotopic (exact) mass is 411 g/mol. The van der Waals surface area contributed by atoms with E-state index in [0.717, 1.165) is 12.1 Å². The lowest BCUT2D eigenvalue weighted by molar-refractivity contribution is -0.115. The van der Waals surface area contributed by atoms with Crippen molar-refractivity contribution in [2.45, 2.75) is 25.2 Å². The number of aryl methyl sites for hydroxylation is 1. The lowest BCUT2D eigenvalue weighted by Crippen LogP contribution is -2.15. The van der Waals surface area contributed by atoms with Gasteiger partial charge in [0.05, 0.1) is 15.9 Å². The summed E-state index contributed by atoms with van der Waals surface area (Å²) < 4.78 is 54.9. The van der Waals surface area contributed by atoms with Crippen LogP contribution in [0.3, 0.4) is 0 Å². The molecule has 0 unspecified atom stereocenters. The van der Waals surface area contributed by atoms with Gasteiger partial charge in [-0.1, -0.05) is 18.3 Å². The molecule has 0 aliphatic carbocycles. The van der Waals surface area contributed by atoms with Crippen LogP contribution in [-0.2, 0) is 14.8 Å². The van der Waals surface area contributed by atoms with E-state index in [9.17, 15) is 22.0 Å². The summed E-state index contributed by atoms with van der Waals surface area (Å²) in [6.45, 7) is 3.44. The number of carbonyl (C=O) groups is 1. The van der Waals surface area contributed by atoms with E-state index in [1.807, 2.05) is 0 Å². The fourth-order valence-corrected chi connectivity index (χ4v) is 4.54. The third-order valence-electron chi connectivity index (χ3n) is 3.69. The maximum atomic E-state index is 13.8. The molecule has 0 bridgehead atoms. The minimum absolute atomic E-state index is 0.181. The Morgan fingerprint density at radius 2 is 1.96 bits per heavy atom. The number of benzene rings is 2. The first-order chi connectivity index (χ1) is 12.7. The summed E-state index contributed by atoms with van der Waals surface area (Å²) in [7, 11) is -4.32. The zero-order valence-electron chi connectivity index (χ0n) is 14.3. The Hall–Kier alpha value is -2.59. The van der Waals surface area contributed by atoms with Gasteiger partial charge in [0.2, 0.25) is 5.91 Å². The maximum absolute atomic E-state index is 13.8. The molecule has 0 radical (unpaired) electrons. The van der Waals surface area contributed by atoms with Crippen LogP contribution in [0.4, 0.5) is 19.6 Å². The Morgan fingerprint density at radius 1 is 1.22 bits per heavy atom. The van der Waals surface area contributed by atoms with Crippen LogP contribution in [0.2, 0.25) is 0 Å². The average molecular weight is 411 g/mol. The molecule has 10 heteroatoms. The number of carbonyl (C=O) groups excluding carboxylic acids is 1. The molecule has 0 spiro atoms. The van der Waals surface area contributed by atoms with Gasteiger partial charge in [0.15, 0.2) is 5.13 Å². The van der Waals surface area contributed by atoms with Crippen LogP contribution in [0.15, 0.2) is 35.2 Å². The zero-order valence-corrected chi connectivity index (χ0v) is 16.0. The van der Waals surface area contributed by atoms with Crippen molar-refractivity contribution >= 4 is 48.3 Å². The van der Waals surface area contributed by atoms with E-state index in [1.54, 1.807) is 13.8 Å². The van der Waals surface area contributed by atoms with Crippen LogP contribution in [0.1, 0.15) is 18.9 Å². The molecule has 1 amide bonds. The SMILES string of the molecule is CCC(=O)Nc1nc2c(C)cc(NS(=O)(=O)c3cc(F)ccc3F)cc2s1. The van der Waals surface area contributed by atoms with E-state index >= 15 is 0 Å². The highest BCUT2D eigenvalue weighted by Crippen LogP contribution is 2.32. The van der Waals surface area contributed by atoms with Crippen molar-refractivity contribution in [3.63, 3.8) is 0 Å². The second-order valence-corrected chi connectivity index (χ2v) is 8.42. The average Bonchev–Trinajstić information content (AvgIpc) is 2.99. The summed E-state index contributed by atoms with van der Waals surface area (Å²) in [5, 5.41) is 3.05. The number of fused-ring (bicyclic) bond motifs is 1. The first kappa shape index (κ1) is 19.2. The van der Waals surface area contributed by atoms with Gasteiger partial charge in [0, 0.05) is 6.42 Å². The molecule has 0 fully saturated rings. The van der Waals surface area contributed by atoms with Crippen LogP contribution in [0, 0.1) is 18.6 Å². The van der Waals surface area contributed by atoms with Crippen LogP contribution in [-0.4, -0.2) is 19.3 Å². The molecular weight excluding hydrogens is 396 g/mol. The molecule has 0 atom stereocenters. The number of nitrogens with zero attached hydrogens (tertiary/aromatic N) is 1. The largest absolute Gasteiger partial charge is 0.302 e. The number of aromatic nitrogens is 1. The van der Waals surface area contributed by atoms with Crippen molar-refractivity contribution in [3.8, 4) is 0 Å². The molecule has 3 rings (SSSR count). The van der Waals surface area contributed by atoms with Gasteiger partial charge in [0.25, 0.3) is 10.0 Å². The van der Waals surface area contributed by atoms with Crippen molar-refractivity contribution in [2.24, 2.45) is 0 Å². The molecule has 0 aliphatic rings. The smallest absolute Gasteiger partial charge is 0.264 e. The van der Waals surface area contributed by atoms with Gasteiger partial charge < -0.3 is 5.32 Å². The number of halogens is 2. The van der Waals surface area contributed by atoms with Crippen molar-refractivity contribution in [1.82, 2.24) is 4.98 Å². The minimum atomic E-state index is -4.32. The normalized spacial score (nSPS) is 11.6. The lowest BCUT2D eigenvalue weighted by Gasteiger charge is -2.10. The van der Waals surface area contributed by atoms with Crippen molar-refractivity contribution in [1.29, 1.82) is 0 Å². The van der Waals surface area contributed by atoms with Crippen LogP contribution < -0.4 is 10.0 Å².